The number of nitro benzene ring substituents is 1. The number of hydrogen-bond donors (Lipinski definition) is 1. The maximum atomic E-state index is 10.7. The van der Waals surface area contributed by atoms with Gasteiger partial charge in [0.25, 0.3) is 5.69 Å². The second-order valence-corrected chi connectivity index (χ2v) is 4.80. The summed E-state index contributed by atoms with van der Waals surface area (Å²) in [4.78, 5) is 10.3. The summed E-state index contributed by atoms with van der Waals surface area (Å²) in [7, 11) is 0. The molecule has 0 aliphatic rings. The van der Waals surface area contributed by atoms with E-state index in [9.17, 15) is 10.1 Å². The minimum atomic E-state index is -0.412. The van der Waals surface area contributed by atoms with E-state index >= 15 is 0 Å². The van der Waals surface area contributed by atoms with E-state index in [1.54, 1.807) is 12.1 Å². The van der Waals surface area contributed by atoms with Crippen molar-refractivity contribution in [3.8, 4) is 5.75 Å². The third-order valence-electron chi connectivity index (χ3n) is 3.27. The molecule has 5 nitrogen and oxygen atoms in total. The average Bonchev–Trinajstić information content (AvgIpc) is 2.53. The molecule has 5 heteroatoms. The minimum absolute atomic E-state index is 0.0378. The van der Waals surface area contributed by atoms with Crippen molar-refractivity contribution < 1.29 is 9.66 Å². The van der Waals surface area contributed by atoms with E-state index in [1.807, 2.05) is 31.2 Å². The molecule has 0 heterocycles. The van der Waals surface area contributed by atoms with Gasteiger partial charge < -0.3 is 10.5 Å². The highest BCUT2D eigenvalue weighted by molar-refractivity contribution is 5.34. The Morgan fingerprint density at radius 2 is 1.95 bits per heavy atom. The van der Waals surface area contributed by atoms with Crippen LogP contribution in [-0.4, -0.2) is 4.92 Å². The molecule has 0 saturated carbocycles. The molecule has 110 valence electrons. The van der Waals surface area contributed by atoms with Gasteiger partial charge >= 0.3 is 0 Å². The zero-order valence-electron chi connectivity index (χ0n) is 11.9. The van der Waals surface area contributed by atoms with Gasteiger partial charge in [0, 0.05) is 18.2 Å². The van der Waals surface area contributed by atoms with Crippen LogP contribution in [0.5, 0.6) is 5.75 Å². The Hall–Kier alpha value is -2.40. The number of hydrogen-bond acceptors (Lipinski definition) is 4. The van der Waals surface area contributed by atoms with Gasteiger partial charge in [-0.25, -0.2) is 0 Å². The summed E-state index contributed by atoms with van der Waals surface area (Å²) in [5.41, 5.74) is 7.85. The summed E-state index contributed by atoms with van der Waals surface area (Å²) in [5, 5.41) is 10.7. The Morgan fingerprint density at radius 3 is 2.57 bits per heavy atom. The standard InChI is InChI=1S/C16H18N2O3/c1-2-16(17)13-6-8-15(9-7-13)21-11-12-4-3-5-14(10-12)18(19)20/h3-10,16H,2,11,17H2,1H3. The van der Waals surface area contributed by atoms with E-state index in [1.165, 1.54) is 12.1 Å². The van der Waals surface area contributed by atoms with Gasteiger partial charge in [-0.2, -0.15) is 0 Å². The minimum Gasteiger partial charge on any atom is -0.489 e. The first-order chi connectivity index (χ1) is 10.1. The van der Waals surface area contributed by atoms with E-state index in [0.717, 1.165) is 17.5 Å². The van der Waals surface area contributed by atoms with Crippen LogP contribution in [0, 0.1) is 10.1 Å². The number of nitro groups is 1. The molecule has 0 amide bonds. The van der Waals surface area contributed by atoms with Gasteiger partial charge in [-0.15, -0.1) is 0 Å². The fourth-order valence-corrected chi connectivity index (χ4v) is 1.97. The third-order valence-corrected chi connectivity index (χ3v) is 3.27. The molecule has 0 aliphatic carbocycles. The first-order valence-corrected chi connectivity index (χ1v) is 6.82. The second-order valence-electron chi connectivity index (χ2n) is 4.80. The van der Waals surface area contributed by atoms with Crippen molar-refractivity contribution >= 4 is 5.69 Å². The first kappa shape index (κ1) is 15.0. The van der Waals surface area contributed by atoms with E-state index in [2.05, 4.69) is 0 Å². The Balaban J connectivity index is 1.99. The Bertz CT molecular complexity index is 611. The maximum absolute atomic E-state index is 10.7. The molecule has 0 saturated heterocycles. The quantitative estimate of drug-likeness (QED) is 0.650. The molecule has 1 atom stereocenters. The van der Waals surface area contributed by atoms with Crippen molar-refractivity contribution in [2.24, 2.45) is 5.73 Å². The van der Waals surface area contributed by atoms with Crippen molar-refractivity contribution in [1.29, 1.82) is 0 Å². The smallest absolute Gasteiger partial charge is 0.269 e. The van der Waals surface area contributed by atoms with Gasteiger partial charge in [0.05, 0.1) is 4.92 Å². The van der Waals surface area contributed by atoms with Crippen LogP contribution in [0.15, 0.2) is 48.5 Å². The van der Waals surface area contributed by atoms with Gasteiger partial charge in [0.15, 0.2) is 0 Å². The van der Waals surface area contributed by atoms with Gasteiger partial charge in [-0.05, 0) is 29.7 Å². The number of nitrogens with two attached hydrogens (primary N) is 1. The normalized spacial score (nSPS) is 11.9. The number of benzene rings is 2. The molecule has 21 heavy (non-hydrogen) atoms. The third kappa shape index (κ3) is 4.03. The Morgan fingerprint density at radius 1 is 1.24 bits per heavy atom. The Kier molecular flexibility index (Phi) is 4.90. The van der Waals surface area contributed by atoms with Crippen LogP contribution >= 0.6 is 0 Å². The zero-order valence-corrected chi connectivity index (χ0v) is 11.9. The summed E-state index contributed by atoms with van der Waals surface area (Å²) in [5.74, 6) is 0.716. The summed E-state index contributed by atoms with van der Waals surface area (Å²) in [6, 6.07) is 14.1. The molecule has 1 unspecified atom stereocenters. The van der Waals surface area contributed by atoms with E-state index in [-0.39, 0.29) is 11.7 Å². The van der Waals surface area contributed by atoms with Gasteiger partial charge in [0.1, 0.15) is 12.4 Å². The van der Waals surface area contributed by atoms with E-state index in [4.69, 9.17) is 10.5 Å². The predicted molar refractivity (Wildman–Crippen MR) is 81.1 cm³/mol. The molecule has 0 spiro atoms. The van der Waals surface area contributed by atoms with E-state index < -0.39 is 4.92 Å². The topological polar surface area (TPSA) is 78.4 Å². The van der Waals surface area contributed by atoms with Crippen molar-refractivity contribution in [2.45, 2.75) is 26.0 Å². The molecular formula is C16H18N2O3. The lowest BCUT2D eigenvalue weighted by molar-refractivity contribution is -0.384. The van der Waals surface area contributed by atoms with Gasteiger partial charge in [-0.3, -0.25) is 10.1 Å². The number of nitrogens with zero attached hydrogens (tertiary/aromatic N) is 1. The summed E-state index contributed by atoms with van der Waals surface area (Å²) < 4.78 is 5.63. The lowest BCUT2D eigenvalue weighted by Crippen LogP contribution is -2.08. The molecule has 0 radical (unpaired) electrons. The average molecular weight is 286 g/mol. The van der Waals surface area contributed by atoms with Crippen molar-refractivity contribution in [3.63, 3.8) is 0 Å². The molecule has 2 aromatic carbocycles. The highest BCUT2D eigenvalue weighted by Crippen LogP contribution is 2.20. The van der Waals surface area contributed by atoms with Crippen molar-refractivity contribution in [1.82, 2.24) is 0 Å². The summed E-state index contributed by atoms with van der Waals surface area (Å²) >= 11 is 0. The fraction of sp³-hybridized carbons (Fsp3) is 0.250. The monoisotopic (exact) mass is 286 g/mol. The lowest BCUT2D eigenvalue weighted by Gasteiger charge is -2.11. The fourth-order valence-electron chi connectivity index (χ4n) is 1.97. The highest BCUT2D eigenvalue weighted by Gasteiger charge is 2.06. The number of non-ortho nitro benzene ring substituents is 1. The largest absolute Gasteiger partial charge is 0.489 e. The molecular weight excluding hydrogens is 268 g/mol. The van der Waals surface area contributed by atoms with Crippen LogP contribution in [0.4, 0.5) is 5.69 Å². The first-order valence-electron chi connectivity index (χ1n) is 6.82. The second kappa shape index (κ2) is 6.85. The SMILES string of the molecule is CCC(N)c1ccc(OCc2cccc([N+](=O)[O-])c2)cc1. The maximum Gasteiger partial charge on any atom is 0.269 e. The van der Waals surface area contributed by atoms with Crippen LogP contribution in [0.3, 0.4) is 0 Å². The number of ether oxygens (including phenoxy) is 1. The van der Waals surface area contributed by atoms with Crippen LogP contribution < -0.4 is 10.5 Å². The van der Waals surface area contributed by atoms with Crippen molar-refractivity contribution in [2.75, 3.05) is 0 Å². The van der Waals surface area contributed by atoms with Gasteiger partial charge in [0.2, 0.25) is 0 Å². The molecule has 0 fully saturated rings. The molecule has 0 aromatic heterocycles. The zero-order chi connectivity index (χ0) is 15.2. The van der Waals surface area contributed by atoms with E-state index in [0.29, 0.717) is 12.4 Å². The number of rotatable bonds is 6. The highest BCUT2D eigenvalue weighted by atomic mass is 16.6. The Labute approximate surface area is 123 Å². The van der Waals surface area contributed by atoms with Crippen LogP contribution in [0.1, 0.15) is 30.5 Å². The van der Waals surface area contributed by atoms with Crippen LogP contribution in [0.2, 0.25) is 0 Å². The van der Waals surface area contributed by atoms with Gasteiger partial charge in [-0.1, -0.05) is 31.2 Å². The van der Waals surface area contributed by atoms with Crippen molar-refractivity contribution in [3.05, 3.63) is 69.8 Å². The molecule has 2 rings (SSSR count). The van der Waals surface area contributed by atoms with Crippen LogP contribution in [-0.2, 0) is 6.61 Å². The predicted octanol–water partition coefficient (Wildman–Crippen LogP) is 3.58. The lowest BCUT2D eigenvalue weighted by atomic mass is 10.1. The molecule has 2 N–H and O–H groups in total. The summed E-state index contributed by atoms with van der Waals surface area (Å²) in [6.07, 6.45) is 0.883. The molecule has 2 aromatic rings. The van der Waals surface area contributed by atoms with Crippen LogP contribution in [0.25, 0.3) is 0 Å². The molecule has 0 aliphatic heterocycles. The molecule has 0 bridgehead atoms. The summed E-state index contributed by atoms with van der Waals surface area (Å²) in [6.45, 7) is 2.33.